The molecule has 1 aliphatic heterocycles. The van der Waals surface area contributed by atoms with Gasteiger partial charge in [-0.3, -0.25) is 9.59 Å². The van der Waals surface area contributed by atoms with E-state index in [9.17, 15) is 9.59 Å². The van der Waals surface area contributed by atoms with Crippen molar-refractivity contribution < 1.29 is 18.7 Å². The first kappa shape index (κ1) is 17.3. The molecule has 1 fully saturated rings. The molecule has 2 aromatic carbocycles. The number of imide groups is 1. The fourth-order valence-corrected chi connectivity index (χ4v) is 3.67. The molecule has 7 nitrogen and oxygen atoms in total. The molecular weight excluding hydrogens is 366 g/mol. The van der Waals surface area contributed by atoms with Crippen molar-refractivity contribution in [2.45, 2.75) is 16.9 Å². The number of aromatic nitrogens is 2. The van der Waals surface area contributed by atoms with Crippen LogP contribution < -0.4 is 9.64 Å². The smallest absolute Gasteiger partial charge is 0.277 e. The summed E-state index contributed by atoms with van der Waals surface area (Å²) >= 11 is 1.11. The predicted molar refractivity (Wildman–Crippen MR) is 99.5 cm³/mol. The quantitative estimate of drug-likeness (QED) is 0.628. The molecule has 2 amide bonds. The molecule has 1 atom stereocenters. The number of rotatable bonds is 5. The second-order valence-corrected chi connectivity index (χ2v) is 6.97. The summed E-state index contributed by atoms with van der Waals surface area (Å²) in [6.45, 7) is 0. The summed E-state index contributed by atoms with van der Waals surface area (Å²) in [5.74, 6) is 0.477. The largest absolute Gasteiger partial charge is 0.497 e. The number of nitrogens with zero attached hydrogens (tertiary/aromatic N) is 3. The summed E-state index contributed by atoms with van der Waals surface area (Å²) in [7, 11) is 1.56. The molecule has 0 radical (unpaired) electrons. The second kappa shape index (κ2) is 7.24. The maximum Gasteiger partial charge on any atom is 0.277 e. The summed E-state index contributed by atoms with van der Waals surface area (Å²) in [6.07, 6.45) is 0.0819. The van der Waals surface area contributed by atoms with Crippen molar-refractivity contribution >= 4 is 29.3 Å². The first-order valence-corrected chi connectivity index (χ1v) is 9.10. The van der Waals surface area contributed by atoms with Gasteiger partial charge in [0.15, 0.2) is 0 Å². The van der Waals surface area contributed by atoms with Gasteiger partial charge in [-0.25, -0.2) is 4.90 Å². The minimum absolute atomic E-state index is 0.0819. The summed E-state index contributed by atoms with van der Waals surface area (Å²) in [4.78, 5) is 26.3. The molecule has 0 saturated carbocycles. The highest BCUT2D eigenvalue weighted by Crippen LogP contribution is 2.34. The summed E-state index contributed by atoms with van der Waals surface area (Å²) in [5.41, 5.74) is 1.31. The lowest BCUT2D eigenvalue weighted by Gasteiger charge is -2.14. The Morgan fingerprint density at radius 3 is 2.52 bits per heavy atom. The first-order valence-electron chi connectivity index (χ1n) is 8.22. The molecule has 0 unspecified atom stereocenters. The number of hydrogen-bond donors (Lipinski definition) is 0. The molecule has 2 heterocycles. The van der Waals surface area contributed by atoms with Gasteiger partial charge in [-0.2, -0.15) is 0 Å². The molecule has 4 rings (SSSR count). The minimum Gasteiger partial charge on any atom is -0.497 e. The van der Waals surface area contributed by atoms with E-state index < -0.39 is 5.25 Å². The van der Waals surface area contributed by atoms with Crippen molar-refractivity contribution in [1.29, 1.82) is 0 Å². The number of thioether (sulfide) groups is 1. The Morgan fingerprint density at radius 1 is 1.07 bits per heavy atom. The highest BCUT2D eigenvalue weighted by atomic mass is 32.2. The molecule has 1 saturated heterocycles. The maximum absolute atomic E-state index is 12.7. The van der Waals surface area contributed by atoms with Gasteiger partial charge in [0.2, 0.25) is 17.7 Å². The SMILES string of the molecule is COc1ccc(N2C(=O)C[C@H](Sc3nnc(-c4ccccc4)o3)C2=O)cc1. The van der Waals surface area contributed by atoms with E-state index in [0.717, 1.165) is 17.3 Å². The Kier molecular flexibility index (Phi) is 4.64. The van der Waals surface area contributed by atoms with Gasteiger partial charge in [-0.15, -0.1) is 10.2 Å². The number of anilines is 1. The Bertz CT molecular complexity index is 972. The third-order valence-corrected chi connectivity index (χ3v) is 5.13. The lowest BCUT2D eigenvalue weighted by molar-refractivity contribution is -0.121. The topological polar surface area (TPSA) is 85.5 Å². The van der Waals surface area contributed by atoms with Crippen LogP contribution in [-0.2, 0) is 9.59 Å². The van der Waals surface area contributed by atoms with E-state index >= 15 is 0 Å². The fourth-order valence-electron chi connectivity index (χ4n) is 2.78. The van der Waals surface area contributed by atoms with Crippen LogP contribution in [-0.4, -0.2) is 34.4 Å². The highest BCUT2D eigenvalue weighted by molar-refractivity contribution is 8.00. The zero-order chi connectivity index (χ0) is 18.8. The Hall–Kier alpha value is -3.13. The van der Waals surface area contributed by atoms with Crippen LogP contribution in [0.1, 0.15) is 6.42 Å². The van der Waals surface area contributed by atoms with Gasteiger partial charge in [0.05, 0.1) is 12.8 Å². The van der Waals surface area contributed by atoms with Crippen LogP contribution in [0.25, 0.3) is 11.5 Å². The Labute approximate surface area is 159 Å². The number of carbonyl (C=O) groups excluding carboxylic acids is 2. The average molecular weight is 381 g/mol. The van der Waals surface area contributed by atoms with Gasteiger partial charge in [-0.05, 0) is 36.4 Å². The van der Waals surface area contributed by atoms with Gasteiger partial charge in [0.25, 0.3) is 5.22 Å². The summed E-state index contributed by atoms with van der Waals surface area (Å²) < 4.78 is 10.7. The number of carbonyl (C=O) groups is 2. The monoisotopic (exact) mass is 381 g/mol. The number of hydrogen-bond acceptors (Lipinski definition) is 7. The molecule has 0 aliphatic carbocycles. The van der Waals surface area contributed by atoms with Crippen molar-refractivity contribution in [3.05, 3.63) is 54.6 Å². The Morgan fingerprint density at radius 2 is 1.81 bits per heavy atom. The van der Waals surface area contributed by atoms with Gasteiger partial charge in [0.1, 0.15) is 11.0 Å². The van der Waals surface area contributed by atoms with Gasteiger partial charge >= 0.3 is 0 Å². The molecular formula is C19H15N3O4S. The zero-order valence-electron chi connectivity index (χ0n) is 14.4. The van der Waals surface area contributed by atoms with E-state index in [2.05, 4.69) is 10.2 Å². The molecule has 136 valence electrons. The van der Waals surface area contributed by atoms with Crippen LogP contribution in [0.3, 0.4) is 0 Å². The molecule has 27 heavy (non-hydrogen) atoms. The molecule has 1 aliphatic rings. The van der Waals surface area contributed by atoms with Gasteiger partial charge in [0, 0.05) is 12.0 Å². The fraction of sp³-hybridized carbons (Fsp3) is 0.158. The predicted octanol–water partition coefficient (Wildman–Crippen LogP) is 3.17. The normalized spacial score (nSPS) is 16.8. The van der Waals surface area contributed by atoms with E-state index in [1.165, 1.54) is 4.90 Å². The van der Waals surface area contributed by atoms with Crippen molar-refractivity contribution in [2.24, 2.45) is 0 Å². The van der Waals surface area contributed by atoms with E-state index in [4.69, 9.17) is 9.15 Å². The molecule has 0 bridgehead atoms. The van der Waals surface area contributed by atoms with E-state index in [1.54, 1.807) is 31.4 Å². The van der Waals surface area contributed by atoms with E-state index in [1.807, 2.05) is 30.3 Å². The van der Waals surface area contributed by atoms with Crippen LogP contribution >= 0.6 is 11.8 Å². The number of amides is 2. The lowest BCUT2D eigenvalue weighted by atomic mass is 10.2. The van der Waals surface area contributed by atoms with Crippen LogP contribution in [0.15, 0.2) is 64.2 Å². The van der Waals surface area contributed by atoms with Gasteiger partial charge in [-0.1, -0.05) is 30.0 Å². The molecule has 1 aromatic heterocycles. The highest BCUT2D eigenvalue weighted by Gasteiger charge is 2.41. The van der Waals surface area contributed by atoms with Crippen LogP contribution in [0.4, 0.5) is 5.69 Å². The van der Waals surface area contributed by atoms with E-state index in [-0.39, 0.29) is 23.5 Å². The van der Waals surface area contributed by atoms with Crippen LogP contribution in [0, 0.1) is 0 Å². The van der Waals surface area contributed by atoms with E-state index in [0.29, 0.717) is 17.3 Å². The maximum atomic E-state index is 12.7. The van der Waals surface area contributed by atoms with Crippen molar-refractivity contribution in [1.82, 2.24) is 10.2 Å². The number of benzene rings is 2. The van der Waals surface area contributed by atoms with Crippen molar-refractivity contribution in [2.75, 3.05) is 12.0 Å². The molecule has 0 spiro atoms. The summed E-state index contributed by atoms with van der Waals surface area (Å²) in [6, 6.07) is 16.1. The summed E-state index contributed by atoms with van der Waals surface area (Å²) in [5, 5.41) is 7.66. The van der Waals surface area contributed by atoms with Crippen LogP contribution in [0.5, 0.6) is 5.75 Å². The van der Waals surface area contributed by atoms with Crippen molar-refractivity contribution in [3.63, 3.8) is 0 Å². The third-order valence-electron chi connectivity index (χ3n) is 4.11. The third kappa shape index (κ3) is 3.43. The average Bonchev–Trinajstić information content (AvgIpc) is 3.27. The molecule has 8 heteroatoms. The first-order chi connectivity index (χ1) is 13.2. The van der Waals surface area contributed by atoms with Gasteiger partial charge < -0.3 is 9.15 Å². The van der Waals surface area contributed by atoms with Crippen LogP contribution in [0.2, 0.25) is 0 Å². The zero-order valence-corrected chi connectivity index (χ0v) is 15.2. The molecule has 0 N–H and O–H groups in total. The minimum atomic E-state index is -0.594. The lowest BCUT2D eigenvalue weighted by Crippen LogP contribution is -2.31. The number of ether oxygens (including phenoxy) is 1. The second-order valence-electron chi connectivity index (χ2n) is 5.82. The number of methoxy groups -OCH3 is 1. The van der Waals surface area contributed by atoms with Crippen molar-refractivity contribution in [3.8, 4) is 17.2 Å². The molecule has 3 aromatic rings. The standard InChI is InChI=1S/C19H15N3O4S/c1-25-14-9-7-13(8-10-14)22-16(23)11-15(18(22)24)27-19-21-20-17(26-19)12-5-3-2-4-6-12/h2-10,15H,11H2,1H3/t15-/m0/s1. The Balaban J connectivity index is 1.50.